The Kier molecular flexibility index (Phi) is 6.63. The normalized spacial score (nSPS) is 12.0. The lowest BCUT2D eigenvalue weighted by Crippen LogP contribution is -2.41. The van der Waals surface area contributed by atoms with E-state index >= 15 is 0 Å². The van der Waals surface area contributed by atoms with Crippen molar-refractivity contribution in [3.8, 4) is 0 Å². The van der Waals surface area contributed by atoms with Gasteiger partial charge < -0.3 is 11.1 Å². The van der Waals surface area contributed by atoms with Gasteiger partial charge in [0.2, 0.25) is 10.0 Å². The van der Waals surface area contributed by atoms with Crippen LogP contribution in [0.4, 0.5) is 8.78 Å². The maximum absolute atomic E-state index is 13.2. The summed E-state index contributed by atoms with van der Waals surface area (Å²) in [5.74, 6) is -4.02. The van der Waals surface area contributed by atoms with Gasteiger partial charge in [0.25, 0.3) is 11.8 Å². The van der Waals surface area contributed by atoms with Gasteiger partial charge in [-0.2, -0.15) is 0 Å². The second kappa shape index (κ2) is 8.55. The molecule has 0 saturated carbocycles. The minimum atomic E-state index is -3.88. The Labute approximate surface area is 156 Å². The molecule has 0 aliphatic heterocycles. The first-order valence-electron chi connectivity index (χ1n) is 8.15. The fourth-order valence-corrected chi connectivity index (χ4v) is 3.29. The highest BCUT2D eigenvalue weighted by molar-refractivity contribution is 7.89. The summed E-state index contributed by atoms with van der Waals surface area (Å²) in [4.78, 5) is 12.1. The molecule has 0 aliphatic carbocycles. The Bertz CT molecular complexity index is 903. The third-order valence-electron chi connectivity index (χ3n) is 3.88. The van der Waals surface area contributed by atoms with Gasteiger partial charge in [0.15, 0.2) is 0 Å². The van der Waals surface area contributed by atoms with Crippen LogP contribution < -0.4 is 15.8 Å². The van der Waals surface area contributed by atoms with Gasteiger partial charge in [-0.25, -0.2) is 21.9 Å². The summed E-state index contributed by atoms with van der Waals surface area (Å²) < 4.78 is 53.8. The molecule has 6 nitrogen and oxygen atoms in total. The van der Waals surface area contributed by atoms with E-state index in [0.717, 1.165) is 5.56 Å². The number of amides is 1. The Morgan fingerprint density at radius 2 is 1.81 bits per heavy atom. The SMILES string of the molecule is Cc1ccc(S(=O)(=O)NCc2ccccc2)cc1C(=O)NCC(F)(F)CN. The van der Waals surface area contributed by atoms with Crippen LogP contribution in [0, 0.1) is 6.92 Å². The predicted molar refractivity (Wildman–Crippen MR) is 98.0 cm³/mol. The zero-order chi connectivity index (χ0) is 20.1. The first-order valence-corrected chi connectivity index (χ1v) is 9.63. The lowest BCUT2D eigenvalue weighted by molar-refractivity contribution is 0.0118. The van der Waals surface area contributed by atoms with Crippen LogP contribution in [0.5, 0.6) is 0 Å². The molecule has 2 rings (SSSR count). The van der Waals surface area contributed by atoms with Crippen LogP contribution >= 0.6 is 0 Å². The molecule has 0 aromatic heterocycles. The second-order valence-corrected chi connectivity index (χ2v) is 7.80. The van der Waals surface area contributed by atoms with Crippen molar-refractivity contribution in [2.24, 2.45) is 5.73 Å². The molecule has 0 atom stereocenters. The van der Waals surface area contributed by atoms with Gasteiger partial charge in [-0.3, -0.25) is 4.79 Å². The first-order chi connectivity index (χ1) is 12.6. The average Bonchev–Trinajstić information content (AvgIpc) is 2.65. The van der Waals surface area contributed by atoms with Crippen molar-refractivity contribution in [1.82, 2.24) is 10.0 Å². The van der Waals surface area contributed by atoms with E-state index in [1.54, 1.807) is 31.2 Å². The number of rotatable bonds is 8. The lowest BCUT2D eigenvalue weighted by atomic mass is 10.1. The third-order valence-corrected chi connectivity index (χ3v) is 5.28. The van der Waals surface area contributed by atoms with E-state index in [0.29, 0.717) is 5.56 Å². The van der Waals surface area contributed by atoms with Crippen LogP contribution in [-0.2, 0) is 16.6 Å². The number of hydrogen-bond acceptors (Lipinski definition) is 4. The maximum atomic E-state index is 13.2. The topological polar surface area (TPSA) is 101 Å². The first kappa shape index (κ1) is 20.9. The number of carbonyl (C=O) groups excluding carboxylic acids is 1. The molecule has 9 heteroatoms. The predicted octanol–water partition coefficient (Wildman–Crippen LogP) is 1.80. The fourth-order valence-electron chi connectivity index (χ4n) is 2.25. The van der Waals surface area contributed by atoms with E-state index in [4.69, 9.17) is 5.73 Å². The summed E-state index contributed by atoms with van der Waals surface area (Å²) in [6.45, 7) is -0.153. The van der Waals surface area contributed by atoms with Crippen LogP contribution in [0.15, 0.2) is 53.4 Å². The quantitative estimate of drug-likeness (QED) is 0.632. The van der Waals surface area contributed by atoms with E-state index < -0.39 is 34.9 Å². The molecule has 146 valence electrons. The van der Waals surface area contributed by atoms with Gasteiger partial charge in [-0.15, -0.1) is 0 Å². The van der Waals surface area contributed by atoms with Crippen molar-refractivity contribution in [3.05, 3.63) is 65.2 Å². The average molecular weight is 397 g/mol. The van der Waals surface area contributed by atoms with Crippen molar-refractivity contribution in [3.63, 3.8) is 0 Å². The Hall–Kier alpha value is -2.36. The molecule has 27 heavy (non-hydrogen) atoms. The zero-order valence-electron chi connectivity index (χ0n) is 14.7. The molecule has 0 unspecified atom stereocenters. The molecule has 0 saturated heterocycles. The number of aryl methyl sites for hydroxylation is 1. The smallest absolute Gasteiger partial charge is 0.277 e. The molecular weight excluding hydrogens is 376 g/mol. The summed E-state index contributed by atoms with van der Waals surface area (Å²) >= 11 is 0. The highest BCUT2D eigenvalue weighted by Gasteiger charge is 2.28. The van der Waals surface area contributed by atoms with Crippen LogP contribution in [0.2, 0.25) is 0 Å². The minimum absolute atomic E-state index is 0.00501. The summed E-state index contributed by atoms with van der Waals surface area (Å²) in [7, 11) is -3.88. The molecule has 0 aliphatic rings. The minimum Gasteiger partial charge on any atom is -0.346 e. The summed E-state index contributed by atoms with van der Waals surface area (Å²) in [5.41, 5.74) is 6.18. The summed E-state index contributed by atoms with van der Waals surface area (Å²) in [6, 6.07) is 12.9. The van der Waals surface area contributed by atoms with Crippen molar-refractivity contribution in [1.29, 1.82) is 0 Å². The van der Waals surface area contributed by atoms with Crippen molar-refractivity contribution < 1.29 is 22.0 Å². The molecule has 0 radical (unpaired) electrons. The number of carbonyl (C=O) groups is 1. The fraction of sp³-hybridized carbons (Fsp3) is 0.278. The standard InChI is InChI=1S/C18H21F2N3O3S/c1-13-7-8-15(9-16(13)17(24)22-12-18(19,20)11-21)27(25,26)23-10-14-5-3-2-4-6-14/h2-9,23H,10-12,21H2,1H3,(H,22,24). The highest BCUT2D eigenvalue weighted by atomic mass is 32.2. The Balaban J connectivity index is 2.16. The number of sulfonamides is 1. The van der Waals surface area contributed by atoms with Gasteiger partial charge in [-0.1, -0.05) is 36.4 Å². The van der Waals surface area contributed by atoms with E-state index in [1.807, 2.05) is 6.07 Å². The van der Waals surface area contributed by atoms with Crippen molar-refractivity contribution in [2.75, 3.05) is 13.1 Å². The van der Waals surface area contributed by atoms with Crippen molar-refractivity contribution >= 4 is 15.9 Å². The number of nitrogens with one attached hydrogen (secondary N) is 2. The Morgan fingerprint density at radius 3 is 2.44 bits per heavy atom. The molecule has 0 bridgehead atoms. The highest BCUT2D eigenvalue weighted by Crippen LogP contribution is 2.17. The molecular formula is C18H21F2N3O3S. The second-order valence-electron chi connectivity index (χ2n) is 6.03. The zero-order valence-corrected chi connectivity index (χ0v) is 15.5. The molecule has 0 fully saturated rings. The number of hydrogen-bond donors (Lipinski definition) is 3. The third kappa shape index (κ3) is 5.81. The molecule has 2 aromatic rings. The van der Waals surface area contributed by atoms with Crippen LogP contribution in [-0.4, -0.2) is 33.3 Å². The number of nitrogens with two attached hydrogens (primary N) is 1. The lowest BCUT2D eigenvalue weighted by Gasteiger charge is -2.15. The van der Waals surface area contributed by atoms with Crippen LogP contribution in [0.3, 0.4) is 0 Å². The van der Waals surface area contributed by atoms with E-state index in [2.05, 4.69) is 10.0 Å². The Morgan fingerprint density at radius 1 is 1.15 bits per heavy atom. The molecule has 0 heterocycles. The van der Waals surface area contributed by atoms with Crippen LogP contribution in [0.1, 0.15) is 21.5 Å². The molecule has 4 N–H and O–H groups in total. The number of halogens is 2. The molecule has 1 amide bonds. The number of benzene rings is 2. The largest absolute Gasteiger partial charge is 0.346 e. The van der Waals surface area contributed by atoms with Crippen LogP contribution in [0.25, 0.3) is 0 Å². The number of alkyl halides is 2. The maximum Gasteiger partial charge on any atom is 0.277 e. The van der Waals surface area contributed by atoms with Gasteiger partial charge in [-0.05, 0) is 30.2 Å². The van der Waals surface area contributed by atoms with E-state index in [-0.39, 0.29) is 17.0 Å². The van der Waals surface area contributed by atoms with E-state index in [9.17, 15) is 22.0 Å². The van der Waals surface area contributed by atoms with Gasteiger partial charge in [0, 0.05) is 12.1 Å². The van der Waals surface area contributed by atoms with Crippen molar-refractivity contribution in [2.45, 2.75) is 24.3 Å². The van der Waals surface area contributed by atoms with Gasteiger partial charge in [0.1, 0.15) is 0 Å². The molecule has 2 aromatic carbocycles. The van der Waals surface area contributed by atoms with Gasteiger partial charge >= 0.3 is 0 Å². The molecule has 0 spiro atoms. The summed E-state index contributed by atoms with van der Waals surface area (Å²) in [5, 5.41) is 2.08. The summed E-state index contributed by atoms with van der Waals surface area (Å²) in [6.07, 6.45) is 0. The van der Waals surface area contributed by atoms with Gasteiger partial charge in [0.05, 0.1) is 18.0 Å². The monoisotopic (exact) mass is 397 g/mol. The van der Waals surface area contributed by atoms with E-state index in [1.165, 1.54) is 18.2 Å².